The smallest absolute Gasteiger partial charge is 0.362 e. The first-order chi connectivity index (χ1) is 19.5. The fourth-order valence-electron chi connectivity index (χ4n) is 4.27. The molecule has 1 aliphatic heterocycles. The summed E-state index contributed by atoms with van der Waals surface area (Å²) in [7, 11) is 0. The highest BCUT2D eigenvalue weighted by Crippen LogP contribution is 2.28. The number of anilines is 3. The minimum absolute atomic E-state index is 0.0695. The van der Waals surface area contributed by atoms with E-state index in [-0.39, 0.29) is 34.0 Å². The molecule has 9 nitrogen and oxygen atoms in total. The van der Waals surface area contributed by atoms with Crippen LogP contribution in [0, 0.1) is 17.1 Å². The molecule has 4 rings (SSSR count). The number of alkyl halides is 3. The third-order valence-corrected chi connectivity index (χ3v) is 7.24. The summed E-state index contributed by atoms with van der Waals surface area (Å²) in [6, 6.07) is 12.7. The average Bonchev–Trinajstić information content (AvgIpc) is 3.45. The molecule has 0 spiro atoms. The maximum absolute atomic E-state index is 13.5. The molecule has 0 saturated carbocycles. The van der Waals surface area contributed by atoms with Crippen molar-refractivity contribution < 1.29 is 27.2 Å². The van der Waals surface area contributed by atoms with E-state index >= 15 is 0 Å². The number of carbonyl (C=O) groups is 2. The predicted octanol–water partition coefficient (Wildman–Crippen LogP) is 2.27. The maximum Gasteiger partial charge on any atom is 0.405 e. The zero-order valence-electron chi connectivity index (χ0n) is 21.6. The van der Waals surface area contributed by atoms with Crippen LogP contribution in [0.3, 0.4) is 0 Å². The van der Waals surface area contributed by atoms with Crippen LogP contribution in [-0.4, -0.2) is 42.2 Å². The number of fused-ring (bicyclic) bond motifs is 1. The summed E-state index contributed by atoms with van der Waals surface area (Å²) >= 11 is 0.784. The van der Waals surface area contributed by atoms with Gasteiger partial charge in [-0.25, -0.2) is 4.39 Å². The SMILES string of the molecule is CCn1c(=O)/c(=C\Nc2cccc(NC(=O)CN3CCc4cc(F)ccc43)c2)s/c1=C(/C#N)C(=O)NCC(F)(F)F. The van der Waals surface area contributed by atoms with Gasteiger partial charge in [0.25, 0.3) is 11.5 Å². The molecule has 0 unspecified atom stereocenters. The number of nitriles is 1. The number of hydrogen-bond acceptors (Lipinski definition) is 7. The highest BCUT2D eigenvalue weighted by atomic mass is 32.1. The molecule has 0 radical (unpaired) electrons. The van der Waals surface area contributed by atoms with Gasteiger partial charge in [0.15, 0.2) is 5.57 Å². The molecule has 2 amide bonds. The second kappa shape index (κ2) is 12.3. The van der Waals surface area contributed by atoms with Crippen LogP contribution in [0.2, 0.25) is 0 Å². The fourth-order valence-corrected chi connectivity index (χ4v) is 5.36. The van der Waals surface area contributed by atoms with Crippen molar-refractivity contribution in [2.75, 3.05) is 35.2 Å². The summed E-state index contributed by atoms with van der Waals surface area (Å²) in [4.78, 5) is 39.7. The summed E-state index contributed by atoms with van der Waals surface area (Å²) in [5, 5.41) is 16.8. The number of hydrogen-bond donors (Lipinski definition) is 3. The molecule has 0 fully saturated rings. The lowest BCUT2D eigenvalue weighted by Gasteiger charge is -2.19. The molecule has 0 atom stereocenters. The summed E-state index contributed by atoms with van der Waals surface area (Å²) in [5.74, 6) is -1.83. The number of benzene rings is 2. The molecular weight excluding hydrogens is 564 g/mol. The topological polar surface area (TPSA) is 119 Å². The van der Waals surface area contributed by atoms with E-state index in [0.29, 0.717) is 24.3 Å². The van der Waals surface area contributed by atoms with Crippen LogP contribution in [0.5, 0.6) is 0 Å². The summed E-state index contributed by atoms with van der Waals surface area (Å²) in [6.45, 7) is 0.731. The molecule has 0 saturated heterocycles. The van der Waals surface area contributed by atoms with Gasteiger partial charge in [-0.05, 0) is 55.3 Å². The van der Waals surface area contributed by atoms with Crippen LogP contribution < -0.4 is 35.6 Å². The van der Waals surface area contributed by atoms with Crippen LogP contribution in [0.15, 0.2) is 47.3 Å². The van der Waals surface area contributed by atoms with Crippen LogP contribution in [0.1, 0.15) is 12.5 Å². The Hall–Kier alpha value is -4.64. The Morgan fingerprint density at radius 3 is 2.63 bits per heavy atom. The van der Waals surface area contributed by atoms with E-state index in [1.165, 1.54) is 18.3 Å². The van der Waals surface area contributed by atoms with Crippen molar-refractivity contribution in [3.05, 3.63) is 73.4 Å². The van der Waals surface area contributed by atoms with Gasteiger partial charge in [-0.1, -0.05) is 6.07 Å². The highest BCUT2D eigenvalue weighted by Gasteiger charge is 2.29. The van der Waals surface area contributed by atoms with Crippen molar-refractivity contribution >= 4 is 52.0 Å². The van der Waals surface area contributed by atoms with Gasteiger partial charge in [-0.15, -0.1) is 11.3 Å². The quantitative estimate of drug-likeness (QED) is 0.348. The Morgan fingerprint density at radius 1 is 1.17 bits per heavy atom. The van der Waals surface area contributed by atoms with Crippen LogP contribution in [0.4, 0.5) is 34.6 Å². The second-order valence-electron chi connectivity index (χ2n) is 8.97. The van der Waals surface area contributed by atoms with Gasteiger partial charge in [0.1, 0.15) is 27.6 Å². The standard InChI is InChI=1S/C27H24F4N6O3S/c1-2-37-25(40)22(41-26(37)20(12-32)24(39)34-15-27(29,30)31)13-33-18-4-3-5-19(11-18)35-23(38)14-36-9-8-16-10-17(28)6-7-21(16)36/h3-7,10-11,13,33H,2,8-9,14-15H2,1H3,(H,34,39)(H,35,38)/b22-13+,26-20-. The summed E-state index contributed by atoms with van der Waals surface area (Å²) in [6.07, 6.45) is -2.66. The Labute approximate surface area is 235 Å². The van der Waals surface area contributed by atoms with Crippen molar-refractivity contribution in [3.8, 4) is 6.07 Å². The largest absolute Gasteiger partial charge is 0.405 e. The van der Waals surface area contributed by atoms with Crippen LogP contribution in [-0.2, 0) is 22.6 Å². The third kappa shape index (κ3) is 7.12. The fraction of sp³-hybridized carbons (Fsp3) is 0.259. The number of nitrogens with one attached hydrogen (secondary N) is 3. The van der Waals surface area contributed by atoms with E-state index in [2.05, 4.69) is 10.6 Å². The average molecular weight is 589 g/mol. The molecule has 3 N–H and O–H groups in total. The molecule has 1 aromatic heterocycles. The lowest BCUT2D eigenvalue weighted by molar-refractivity contribution is -0.135. The number of thiazole rings is 1. The minimum Gasteiger partial charge on any atom is -0.362 e. The van der Waals surface area contributed by atoms with Gasteiger partial charge < -0.3 is 20.9 Å². The van der Waals surface area contributed by atoms with Gasteiger partial charge in [0.2, 0.25) is 5.91 Å². The van der Waals surface area contributed by atoms with Crippen molar-refractivity contribution in [2.45, 2.75) is 26.1 Å². The van der Waals surface area contributed by atoms with E-state index in [0.717, 1.165) is 27.2 Å². The van der Waals surface area contributed by atoms with Gasteiger partial charge in [0.05, 0.1) is 6.54 Å². The molecule has 214 valence electrons. The number of aromatic nitrogens is 1. The number of halogens is 4. The highest BCUT2D eigenvalue weighted by molar-refractivity contribution is 7.07. The van der Waals surface area contributed by atoms with Gasteiger partial charge in [-0.3, -0.25) is 19.0 Å². The van der Waals surface area contributed by atoms with Crippen LogP contribution in [0.25, 0.3) is 11.8 Å². The van der Waals surface area contributed by atoms with Crippen molar-refractivity contribution in [3.63, 3.8) is 0 Å². The Balaban J connectivity index is 1.50. The zero-order valence-corrected chi connectivity index (χ0v) is 22.5. The molecule has 0 bridgehead atoms. The minimum atomic E-state index is -4.66. The first-order valence-corrected chi connectivity index (χ1v) is 13.2. The number of nitrogens with zero attached hydrogens (tertiary/aromatic N) is 3. The monoisotopic (exact) mass is 588 g/mol. The number of carbonyl (C=O) groups excluding carboxylic acids is 2. The molecule has 41 heavy (non-hydrogen) atoms. The third-order valence-electron chi connectivity index (χ3n) is 6.11. The van der Waals surface area contributed by atoms with E-state index in [9.17, 15) is 37.2 Å². The van der Waals surface area contributed by atoms with Crippen molar-refractivity contribution in [1.82, 2.24) is 9.88 Å². The van der Waals surface area contributed by atoms with Gasteiger partial charge in [0, 0.05) is 36.4 Å². The van der Waals surface area contributed by atoms with Crippen LogP contribution >= 0.6 is 11.3 Å². The molecule has 3 aromatic rings. The summed E-state index contributed by atoms with van der Waals surface area (Å²) in [5.41, 5.74) is 1.51. The number of amides is 2. The van der Waals surface area contributed by atoms with E-state index < -0.39 is 29.8 Å². The lowest BCUT2D eigenvalue weighted by Crippen LogP contribution is -2.37. The molecule has 1 aliphatic rings. The molecule has 2 heterocycles. The van der Waals surface area contributed by atoms with E-state index in [4.69, 9.17) is 0 Å². The Kier molecular flexibility index (Phi) is 8.77. The van der Waals surface area contributed by atoms with Gasteiger partial charge >= 0.3 is 6.18 Å². The lowest BCUT2D eigenvalue weighted by atomic mass is 10.2. The molecule has 14 heteroatoms. The van der Waals surface area contributed by atoms with Crippen molar-refractivity contribution in [2.24, 2.45) is 0 Å². The second-order valence-corrected chi connectivity index (χ2v) is 10.00. The van der Waals surface area contributed by atoms with Gasteiger partial charge in [-0.2, -0.15) is 18.4 Å². The zero-order chi connectivity index (χ0) is 29.7. The maximum atomic E-state index is 13.5. The molecule has 0 aliphatic carbocycles. The van der Waals surface area contributed by atoms with E-state index in [1.54, 1.807) is 48.6 Å². The molecule has 2 aromatic carbocycles. The normalized spacial score (nSPS) is 13.9. The first kappa shape index (κ1) is 29.3. The predicted molar refractivity (Wildman–Crippen MR) is 147 cm³/mol. The number of rotatable bonds is 8. The first-order valence-electron chi connectivity index (χ1n) is 12.4. The summed E-state index contributed by atoms with van der Waals surface area (Å²) < 4.78 is 52.2. The Morgan fingerprint density at radius 2 is 1.93 bits per heavy atom. The Bertz CT molecular complexity index is 1710. The van der Waals surface area contributed by atoms with Crippen molar-refractivity contribution in [1.29, 1.82) is 5.26 Å². The van der Waals surface area contributed by atoms with E-state index in [1.807, 2.05) is 4.90 Å². The molecular formula is C27H24F4N6O3S.